The van der Waals surface area contributed by atoms with Gasteiger partial charge in [0.05, 0.1) is 12.4 Å². The molecule has 0 aliphatic carbocycles. The van der Waals surface area contributed by atoms with Gasteiger partial charge in [0.2, 0.25) is 10.0 Å². The van der Waals surface area contributed by atoms with Crippen molar-refractivity contribution in [2.75, 3.05) is 42.0 Å². The molecule has 1 saturated heterocycles. The second-order valence-corrected chi connectivity index (χ2v) is 11.1. The number of benzene rings is 1. The highest BCUT2D eigenvalue weighted by Crippen LogP contribution is 2.15. The van der Waals surface area contributed by atoms with E-state index in [1.165, 1.54) is 17.2 Å². The van der Waals surface area contributed by atoms with E-state index in [-0.39, 0.29) is 34.7 Å². The number of rotatable bonds is 10. The molecule has 12 heteroatoms. The fourth-order valence-corrected chi connectivity index (χ4v) is 6.00. The van der Waals surface area contributed by atoms with E-state index >= 15 is 0 Å². The molecule has 194 valence electrons. The largest absolute Gasteiger partial charge is 0.462 e. The first-order chi connectivity index (χ1) is 17.3. The quantitative estimate of drug-likeness (QED) is 0.436. The second-order valence-electron chi connectivity index (χ2n) is 8.22. The Morgan fingerprint density at radius 2 is 1.83 bits per heavy atom. The monoisotopic (exact) mass is 533 g/mol. The number of carbonyl (C=O) groups is 1. The molecule has 1 aromatic carbocycles. The normalized spacial score (nSPS) is 15.8. The number of aromatic nitrogens is 1. The van der Waals surface area contributed by atoms with Gasteiger partial charge in [-0.2, -0.15) is 5.26 Å². The van der Waals surface area contributed by atoms with Crippen LogP contribution in [0.4, 0.5) is 11.4 Å². The van der Waals surface area contributed by atoms with Crippen LogP contribution >= 0.6 is 11.3 Å². The minimum absolute atomic E-state index is 0.0404. The Hall–Kier alpha value is -3.14. The van der Waals surface area contributed by atoms with Crippen LogP contribution in [-0.4, -0.2) is 55.8 Å². The predicted octanol–water partition coefficient (Wildman–Crippen LogP) is 1.24. The third-order valence-electron chi connectivity index (χ3n) is 5.68. The summed E-state index contributed by atoms with van der Waals surface area (Å²) in [6.45, 7) is 6.21. The van der Waals surface area contributed by atoms with Gasteiger partial charge in [-0.1, -0.05) is 6.42 Å². The van der Waals surface area contributed by atoms with Crippen LogP contribution in [0.15, 0.2) is 29.1 Å². The molecule has 0 bridgehead atoms. The molecule has 1 aliphatic rings. The molecule has 0 saturated carbocycles. The van der Waals surface area contributed by atoms with E-state index in [1.807, 2.05) is 6.07 Å². The molecule has 0 amide bonds. The summed E-state index contributed by atoms with van der Waals surface area (Å²) in [5, 5.41) is 12.5. The van der Waals surface area contributed by atoms with Gasteiger partial charge in [0.25, 0.3) is 5.56 Å². The summed E-state index contributed by atoms with van der Waals surface area (Å²) >= 11 is 1.02. The zero-order valence-electron chi connectivity index (χ0n) is 20.5. The van der Waals surface area contributed by atoms with Gasteiger partial charge >= 0.3 is 5.97 Å². The summed E-state index contributed by atoms with van der Waals surface area (Å²) in [4.78, 5) is 27.1. The van der Waals surface area contributed by atoms with Gasteiger partial charge in [-0.15, -0.1) is 11.3 Å². The highest BCUT2D eigenvalue weighted by Gasteiger charge is 2.17. The number of thiazole rings is 1. The van der Waals surface area contributed by atoms with E-state index < -0.39 is 16.0 Å². The Bertz CT molecular complexity index is 1380. The van der Waals surface area contributed by atoms with E-state index in [1.54, 1.807) is 38.1 Å². The Labute approximate surface area is 214 Å². The first-order valence-electron chi connectivity index (χ1n) is 11.9. The van der Waals surface area contributed by atoms with Gasteiger partial charge < -0.3 is 15.0 Å². The van der Waals surface area contributed by atoms with E-state index in [9.17, 15) is 23.3 Å². The van der Waals surface area contributed by atoms with Gasteiger partial charge in [0.1, 0.15) is 15.3 Å². The maximum atomic E-state index is 12.8. The molecule has 2 N–H and O–H groups in total. The van der Waals surface area contributed by atoms with Crippen LogP contribution in [0, 0.1) is 11.3 Å². The van der Waals surface area contributed by atoms with Crippen molar-refractivity contribution in [3.63, 3.8) is 0 Å². The van der Waals surface area contributed by atoms with Crippen LogP contribution in [-0.2, 0) is 26.1 Å². The van der Waals surface area contributed by atoms with Crippen LogP contribution in [0.5, 0.6) is 0 Å². The Kier molecular flexibility index (Phi) is 9.69. The van der Waals surface area contributed by atoms with E-state index in [0.717, 1.165) is 37.3 Å². The number of nitrogens with zero attached hydrogens (tertiary/aromatic N) is 3. The fraction of sp³-hybridized carbons (Fsp3) is 0.458. The van der Waals surface area contributed by atoms with E-state index in [4.69, 9.17) is 4.74 Å². The van der Waals surface area contributed by atoms with Gasteiger partial charge in [-0.3, -0.25) is 14.1 Å². The highest BCUT2D eigenvalue weighted by molar-refractivity contribution is 7.92. The lowest BCUT2D eigenvalue weighted by Gasteiger charge is -2.26. The average Bonchev–Trinajstić information content (AvgIpc) is 3.18. The van der Waals surface area contributed by atoms with Gasteiger partial charge in [-0.25, -0.2) is 13.2 Å². The number of hydrogen-bond acceptors (Lipinski definition) is 9. The van der Waals surface area contributed by atoms with Gasteiger partial charge in [-0.05, 0) is 64.0 Å². The molecule has 0 radical (unpaired) electrons. The number of anilines is 2. The number of nitriles is 1. The fourth-order valence-electron chi connectivity index (χ4n) is 3.82. The van der Waals surface area contributed by atoms with Crippen LogP contribution in [0.2, 0.25) is 0 Å². The molecule has 1 fully saturated rings. The number of likely N-dealkylation sites (tertiary alicyclic amines) is 1. The van der Waals surface area contributed by atoms with Crippen molar-refractivity contribution in [3.8, 4) is 6.07 Å². The van der Waals surface area contributed by atoms with Crippen molar-refractivity contribution in [3.05, 3.63) is 43.8 Å². The van der Waals surface area contributed by atoms with E-state index in [2.05, 4.69) is 14.9 Å². The number of nitrogens with one attached hydrogen (secondary N) is 2. The molecule has 0 atom stereocenters. The van der Waals surface area contributed by atoms with Crippen molar-refractivity contribution in [1.82, 2.24) is 9.47 Å². The minimum Gasteiger partial charge on any atom is -0.462 e. The molecular formula is C24H31N5O5S2. The Balaban J connectivity index is 1.72. The van der Waals surface area contributed by atoms with Crippen LogP contribution < -0.4 is 24.8 Å². The SMILES string of the molecule is CCOC(=O)/C(C#N)=c1/s/c(=C/Nc2ccc(NS(=O)(=O)CCN3CCCCC3)cc2)c(=O)n1CC. The average molecular weight is 534 g/mol. The standard InChI is InChI=1S/C24H31N5O5S2/c1-3-29-22(30)21(35-23(29)20(16-25)24(31)34-4-2)17-26-18-8-10-19(11-9-18)27-36(32,33)15-14-28-12-6-5-7-13-28/h8-11,17,26-27H,3-7,12-15H2,1-2H3/b21-17+,23-20+. The van der Waals surface area contributed by atoms with Crippen molar-refractivity contribution in [2.45, 2.75) is 39.7 Å². The summed E-state index contributed by atoms with van der Waals surface area (Å²) in [5.41, 5.74) is 0.546. The lowest BCUT2D eigenvalue weighted by molar-refractivity contribution is -0.136. The zero-order valence-corrected chi connectivity index (χ0v) is 22.1. The molecule has 0 spiro atoms. The molecular weight excluding hydrogens is 502 g/mol. The van der Waals surface area contributed by atoms with Gasteiger partial charge in [0, 0.05) is 30.7 Å². The molecule has 10 nitrogen and oxygen atoms in total. The molecule has 0 unspecified atom stereocenters. The summed E-state index contributed by atoms with van der Waals surface area (Å²) in [6, 6.07) is 8.51. The highest BCUT2D eigenvalue weighted by atomic mass is 32.2. The van der Waals surface area contributed by atoms with Crippen molar-refractivity contribution in [2.24, 2.45) is 0 Å². The third-order valence-corrected chi connectivity index (χ3v) is 8.08. The first kappa shape index (κ1) is 27.4. The third kappa shape index (κ3) is 7.19. The number of carbonyl (C=O) groups excluding carboxylic acids is 1. The lowest BCUT2D eigenvalue weighted by Crippen LogP contribution is -2.35. The van der Waals surface area contributed by atoms with Gasteiger partial charge in [0.15, 0.2) is 5.57 Å². The Morgan fingerprint density at radius 3 is 2.44 bits per heavy atom. The topological polar surface area (TPSA) is 134 Å². The molecule has 2 heterocycles. The first-order valence-corrected chi connectivity index (χ1v) is 14.4. The number of sulfonamides is 1. The number of hydrogen-bond donors (Lipinski definition) is 2. The lowest BCUT2D eigenvalue weighted by atomic mass is 10.1. The summed E-state index contributed by atoms with van der Waals surface area (Å²) in [6.07, 6.45) is 4.93. The predicted molar refractivity (Wildman–Crippen MR) is 141 cm³/mol. The van der Waals surface area contributed by atoms with E-state index in [0.29, 0.717) is 22.5 Å². The van der Waals surface area contributed by atoms with Crippen molar-refractivity contribution < 1.29 is 17.9 Å². The van der Waals surface area contributed by atoms with Crippen molar-refractivity contribution >= 4 is 50.5 Å². The maximum Gasteiger partial charge on any atom is 0.351 e. The zero-order chi connectivity index (χ0) is 26.1. The smallest absolute Gasteiger partial charge is 0.351 e. The van der Waals surface area contributed by atoms with Crippen LogP contribution in [0.25, 0.3) is 11.8 Å². The number of piperidine rings is 1. The molecule has 3 rings (SSSR count). The number of ether oxygens (including phenoxy) is 1. The summed E-state index contributed by atoms with van der Waals surface area (Å²) in [7, 11) is -3.46. The van der Waals surface area contributed by atoms with Crippen LogP contribution in [0.1, 0.15) is 33.1 Å². The summed E-state index contributed by atoms with van der Waals surface area (Å²) < 4.78 is 34.4. The Morgan fingerprint density at radius 1 is 1.17 bits per heavy atom. The van der Waals surface area contributed by atoms with Crippen LogP contribution in [0.3, 0.4) is 0 Å². The van der Waals surface area contributed by atoms with Crippen molar-refractivity contribution in [1.29, 1.82) is 5.26 Å². The summed E-state index contributed by atoms with van der Waals surface area (Å²) in [5.74, 6) is -0.726. The molecule has 36 heavy (non-hydrogen) atoms. The molecule has 2 aromatic rings. The maximum absolute atomic E-state index is 12.8. The number of esters is 1. The second kappa shape index (κ2) is 12.7. The minimum atomic E-state index is -3.46. The molecule has 1 aromatic heterocycles. The molecule has 1 aliphatic heterocycles.